The maximum atomic E-state index is 11.1. The largest absolute Gasteiger partial charge is 0.491 e. The van der Waals surface area contributed by atoms with Crippen LogP contribution in [-0.4, -0.2) is 11.2 Å². The second-order valence-corrected chi connectivity index (χ2v) is 7.16. The minimum atomic E-state index is -0.653. The zero-order valence-corrected chi connectivity index (χ0v) is 13.9. The van der Waals surface area contributed by atoms with Crippen molar-refractivity contribution < 1.29 is 9.84 Å². The highest BCUT2D eigenvalue weighted by molar-refractivity contribution is 5.31. The van der Waals surface area contributed by atoms with Crippen LogP contribution in [0.5, 0.6) is 5.75 Å². The summed E-state index contributed by atoms with van der Waals surface area (Å²) in [4.78, 5) is 0. The molecule has 2 unspecified atom stereocenters. The van der Waals surface area contributed by atoms with Crippen molar-refractivity contribution >= 4 is 0 Å². The summed E-state index contributed by atoms with van der Waals surface area (Å²) in [7, 11) is 0. The molecule has 1 saturated carbocycles. The van der Waals surface area contributed by atoms with Gasteiger partial charge in [0.1, 0.15) is 5.75 Å². The summed E-state index contributed by atoms with van der Waals surface area (Å²) < 4.78 is 5.68. The topological polar surface area (TPSA) is 29.5 Å². The summed E-state index contributed by atoms with van der Waals surface area (Å²) >= 11 is 0. The zero-order chi connectivity index (χ0) is 15.5. The Kier molecular flexibility index (Phi) is 5.32. The quantitative estimate of drug-likeness (QED) is 0.799. The number of aliphatic hydroxyl groups is 1. The monoisotopic (exact) mass is 290 g/mol. The lowest BCUT2D eigenvalue weighted by atomic mass is 9.84. The number of rotatable bonds is 4. The number of benzene rings is 1. The molecule has 0 amide bonds. The van der Waals surface area contributed by atoms with Gasteiger partial charge < -0.3 is 9.84 Å². The molecule has 0 aliphatic heterocycles. The summed E-state index contributed by atoms with van der Waals surface area (Å²) in [6.45, 7) is 8.65. The first-order valence-corrected chi connectivity index (χ1v) is 8.40. The molecule has 1 aromatic carbocycles. The Bertz CT molecular complexity index is 435. The highest BCUT2D eigenvalue weighted by Crippen LogP contribution is 2.40. The van der Waals surface area contributed by atoms with Crippen LogP contribution in [-0.2, 0) is 5.60 Å². The van der Waals surface area contributed by atoms with Crippen LogP contribution in [0.1, 0.15) is 65.4 Å². The zero-order valence-electron chi connectivity index (χ0n) is 13.9. The standard InChI is InChI=1S/C19H30O2/c1-14(2)16-6-5-12-19(20,13-11-16)17-7-9-18(10-8-17)21-15(3)4/h7-10,14-16,20H,5-6,11-13H2,1-4H3. The molecule has 0 aromatic heterocycles. The molecule has 2 nitrogen and oxygen atoms in total. The Balaban J connectivity index is 2.08. The van der Waals surface area contributed by atoms with Crippen molar-refractivity contribution in [2.75, 3.05) is 0 Å². The Morgan fingerprint density at radius 3 is 2.29 bits per heavy atom. The van der Waals surface area contributed by atoms with Crippen molar-refractivity contribution in [1.82, 2.24) is 0 Å². The molecule has 2 atom stereocenters. The van der Waals surface area contributed by atoms with E-state index in [2.05, 4.69) is 13.8 Å². The molecule has 118 valence electrons. The van der Waals surface area contributed by atoms with E-state index < -0.39 is 5.60 Å². The maximum absolute atomic E-state index is 11.1. The fourth-order valence-corrected chi connectivity index (χ4v) is 3.42. The lowest BCUT2D eigenvalue weighted by molar-refractivity contribution is 0.0190. The second kappa shape index (κ2) is 6.83. The first-order chi connectivity index (χ1) is 9.90. The maximum Gasteiger partial charge on any atom is 0.119 e. The normalized spacial score (nSPS) is 26.9. The van der Waals surface area contributed by atoms with E-state index in [1.54, 1.807) is 0 Å². The predicted octanol–water partition coefficient (Wildman–Crippen LogP) is 4.90. The smallest absolute Gasteiger partial charge is 0.119 e. The van der Waals surface area contributed by atoms with Gasteiger partial charge in [-0.3, -0.25) is 0 Å². The van der Waals surface area contributed by atoms with Gasteiger partial charge in [0.25, 0.3) is 0 Å². The van der Waals surface area contributed by atoms with Crippen molar-refractivity contribution in [2.45, 2.75) is 71.5 Å². The molecule has 0 radical (unpaired) electrons. The van der Waals surface area contributed by atoms with Crippen molar-refractivity contribution in [1.29, 1.82) is 0 Å². The van der Waals surface area contributed by atoms with Gasteiger partial charge >= 0.3 is 0 Å². The number of hydrogen-bond donors (Lipinski definition) is 1. The van der Waals surface area contributed by atoms with E-state index in [0.29, 0.717) is 5.92 Å². The fraction of sp³-hybridized carbons (Fsp3) is 0.684. The average Bonchev–Trinajstić information content (AvgIpc) is 2.62. The highest BCUT2D eigenvalue weighted by Gasteiger charge is 2.33. The van der Waals surface area contributed by atoms with Crippen LogP contribution in [0, 0.1) is 11.8 Å². The van der Waals surface area contributed by atoms with Gasteiger partial charge in [0.2, 0.25) is 0 Å². The molecule has 0 bridgehead atoms. The fourth-order valence-electron chi connectivity index (χ4n) is 3.42. The Morgan fingerprint density at radius 2 is 1.71 bits per heavy atom. The van der Waals surface area contributed by atoms with E-state index in [1.807, 2.05) is 38.1 Å². The van der Waals surface area contributed by atoms with Crippen LogP contribution in [0.15, 0.2) is 24.3 Å². The van der Waals surface area contributed by atoms with E-state index in [9.17, 15) is 5.11 Å². The number of ether oxygens (including phenoxy) is 1. The molecule has 1 N–H and O–H groups in total. The highest BCUT2D eigenvalue weighted by atomic mass is 16.5. The van der Waals surface area contributed by atoms with E-state index >= 15 is 0 Å². The minimum Gasteiger partial charge on any atom is -0.491 e. The molecule has 2 heteroatoms. The van der Waals surface area contributed by atoms with Crippen LogP contribution < -0.4 is 4.74 Å². The minimum absolute atomic E-state index is 0.184. The van der Waals surface area contributed by atoms with Crippen molar-refractivity contribution in [3.05, 3.63) is 29.8 Å². The van der Waals surface area contributed by atoms with Gasteiger partial charge in [0.15, 0.2) is 0 Å². The Morgan fingerprint density at radius 1 is 1.05 bits per heavy atom. The molecular formula is C19H30O2. The molecule has 1 aliphatic carbocycles. The van der Waals surface area contributed by atoms with E-state index in [-0.39, 0.29) is 6.10 Å². The average molecular weight is 290 g/mol. The molecule has 1 aromatic rings. The predicted molar refractivity (Wildman–Crippen MR) is 87.5 cm³/mol. The lowest BCUT2D eigenvalue weighted by Crippen LogP contribution is -2.25. The van der Waals surface area contributed by atoms with Gasteiger partial charge in [-0.05, 0) is 69.1 Å². The molecule has 2 rings (SSSR count). The third-order valence-electron chi connectivity index (χ3n) is 4.80. The van der Waals surface area contributed by atoms with Gasteiger partial charge in [0.05, 0.1) is 11.7 Å². The van der Waals surface area contributed by atoms with E-state index in [4.69, 9.17) is 4.74 Å². The molecule has 0 heterocycles. The summed E-state index contributed by atoms with van der Waals surface area (Å²) in [5.41, 5.74) is 0.392. The first-order valence-electron chi connectivity index (χ1n) is 8.40. The first kappa shape index (κ1) is 16.4. The summed E-state index contributed by atoms with van der Waals surface area (Å²) in [5.74, 6) is 2.35. The van der Waals surface area contributed by atoms with Crippen molar-refractivity contribution in [3.8, 4) is 5.75 Å². The third-order valence-corrected chi connectivity index (χ3v) is 4.80. The molecule has 0 saturated heterocycles. The van der Waals surface area contributed by atoms with Gasteiger partial charge in [0, 0.05) is 0 Å². The molecule has 0 spiro atoms. The van der Waals surface area contributed by atoms with Gasteiger partial charge in [-0.25, -0.2) is 0 Å². The van der Waals surface area contributed by atoms with Gasteiger partial charge in [-0.15, -0.1) is 0 Å². The SMILES string of the molecule is CC(C)Oc1ccc(C2(O)CCCC(C(C)C)CC2)cc1. The van der Waals surface area contributed by atoms with E-state index in [1.165, 1.54) is 6.42 Å². The second-order valence-electron chi connectivity index (χ2n) is 7.16. The van der Waals surface area contributed by atoms with Gasteiger partial charge in [-0.1, -0.05) is 32.4 Å². The van der Waals surface area contributed by atoms with Crippen LogP contribution in [0.4, 0.5) is 0 Å². The van der Waals surface area contributed by atoms with Crippen molar-refractivity contribution in [3.63, 3.8) is 0 Å². The molecular weight excluding hydrogens is 260 g/mol. The lowest BCUT2D eigenvalue weighted by Gasteiger charge is -2.28. The van der Waals surface area contributed by atoms with Crippen LogP contribution in [0.2, 0.25) is 0 Å². The summed E-state index contributed by atoms with van der Waals surface area (Å²) in [5, 5.41) is 11.1. The number of hydrogen-bond acceptors (Lipinski definition) is 2. The molecule has 1 aliphatic rings. The third kappa shape index (κ3) is 4.23. The van der Waals surface area contributed by atoms with Crippen LogP contribution in [0.3, 0.4) is 0 Å². The summed E-state index contributed by atoms with van der Waals surface area (Å²) in [6, 6.07) is 8.04. The van der Waals surface area contributed by atoms with Crippen LogP contribution in [0.25, 0.3) is 0 Å². The Hall–Kier alpha value is -1.02. The molecule has 21 heavy (non-hydrogen) atoms. The summed E-state index contributed by atoms with van der Waals surface area (Å²) in [6.07, 6.45) is 5.42. The molecule has 1 fully saturated rings. The van der Waals surface area contributed by atoms with Crippen LogP contribution >= 0.6 is 0 Å². The van der Waals surface area contributed by atoms with Gasteiger partial charge in [-0.2, -0.15) is 0 Å². The van der Waals surface area contributed by atoms with Crippen molar-refractivity contribution in [2.24, 2.45) is 11.8 Å². The van der Waals surface area contributed by atoms with E-state index in [0.717, 1.165) is 42.9 Å². The Labute approximate surface area is 129 Å².